The van der Waals surface area contributed by atoms with E-state index in [2.05, 4.69) is 24.9 Å². The molecule has 142 valence electrons. The average molecular weight is 406 g/mol. The normalized spacial score (nSPS) is 16.8. The summed E-state index contributed by atoms with van der Waals surface area (Å²) in [5.41, 5.74) is 3.54. The van der Waals surface area contributed by atoms with Crippen molar-refractivity contribution >= 4 is 26.9 Å². The van der Waals surface area contributed by atoms with Gasteiger partial charge < -0.3 is 9.29 Å². The smallest absolute Gasteiger partial charge is 0.247 e. The fourth-order valence-corrected chi connectivity index (χ4v) is 4.62. The van der Waals surface area contributed by atoms with Crippen molar-refractivity contribution in [2.75, 3.05) is 17.9 Å². The minimum absolute atomic E-state index is 0.136. The van der Waals surface area contributed by atoms with Gasteiger partial charge in [-0.2, -0.15) is 9.82 Å². The maximum absolute atomic E-state index is 12.5. The van der Waals surface area contributed by atoms with E-state index in [0.717, 1.165) is 35.6 Å². The van der Waals surface area contributed by atoms with E-state index < -0.39 is 10.4 Å². The molecule has 0 saturated carbocycles. The molecule has 1 unspecified atom stereocenters. The molecule has 27 heavy (non-hydrogen) atoms. The molecule has 1 aliphatic heterocycles. The van der Waals surface area contributed by atoms with Crippen LogP contribution in [0.15, 0.2) is 41.0 Å². The number of hydrogen-bond acceptors (Lipinski definition) is 8. The number of nitrogens with one attached hydrogen (secondary N) is 1. The fraction of sp³-hybridized carbons (Fsp3) is 0.312. The van der Waals surface area contributed by atoms with Crippen LogP contribution in [-0.4, -0.2) is 42.6 Å². The fourth-order valence-electron chi connectivity index (χ4n) is 2.91. The summed E-state index contributed by atoms with van der Waals surface area (Å²) in [6.45, 7) is 2.67. The minimum Gasteiger partial charge on any atom is -0.588 e. The molecule has 0 amide bonds. The van der Waals surface area contributed by atoms with Crippen LogP contribution >= 0.6 is 11.3 Å². The van der Waals surface area contributed by atoms with E-state index in [-0.39, 0.29) is 10.0 Å². The summed E-state index contributed by atoms with van der Waals surface area (Å²) in [7, 11) is -1.84. The zero-order valence-electron chi connectivity index (χ0n) is 14.6. The van der Waals surface area contributed by atoms with Gasteiger partial charge in [-0.3, -0.25) is 9.58 Å². The molecule has 1 N–H and O–H groups in total. The molecule has 1 atom stereocenters. The first-order chi connectivity index (χ1) is 13.0. The molecule has 0 radical (unpaired) electrons. The molecule has 4 rings (SSSR count). The van der Waals surface area contributed by atoms with Gasteiger partial charge in [-0.05, 0) is 12.1 Å². The summed E-state index contributed by atoms with van der Waals surface area (Å²) in [5, 5.41) is 11.8. The monoisotopic (exact) mass is 406 g/mol. The first-order valence-corrected chi connectivity index (χ1v) is 10.6. The van der Waals surface area contributed by atoms with Crippen LogP contribution in [0.2, 0.25) is 0 Å². The lowest BCUT2D eigenvalue weighted by Gasteiger charge is -2.18. The molecule has 0 fully saturated rings. The molecule has 3 aromatic rings. The summed E-state index contributed by atoms with van der Waals surface area (Å²) < 4.78 is 35.1. The second kappa shape index (κ2) is 7.35. The number of aryl methyl sites for hydroxylation is 1. The first-order valence-electron chi connectivity index (χ1n) is 8.24. The quantitative estimate of drug-likeness (QED) is 0.642. The molecule has 9 nitrogen and oxygen atoms in total. The van der Waals surface area contributed by atoms with E-state index in [1.54, 1.807) is 22.9 Å². The predicted octanol–water partition coefficient (Wildman–Crippen LogP) is 1.68. The summed E-state index contributed by atoms with van der Waals surface area (Å²) in [5.74, 6) is 0.587. The highest BCUT2D eigenvalue weighted by molar-refractivity contribution is 7.99. The van der Waals surface area contributed by atoms with Gasteiger partial charge in [0, 0.05) is 50.1 Å². The van der Waals surface area contributed by atoms with Crippen LogP contribution in [0.4, 0.5) is 5.13 Å². The molecule has 3 heterocycles. The third-order valence-corrected chi connectivity index (χ3v) is 6.23. The van der Waals surface area contributed by atoms with Crippen LogP contribution in [0.3, 0.4) is 0 Å². The third kappa shape index (κ3) is 4.16. The van der Waals surface area contributed by atoms with Gasteiger partial charge in [0.2, 0.25) is 5.13 Å². The molecule has 1 aromatic carbocycles. The standard InChI is InChI=1S/C16H18N6O3S2/c1-21-8-12(7-18-21)9-22-4-5-25-15-6-14(3-2-13(15)10-22)27(23,24)20-16-19-17-11-26-16/h2-3,6-8,11H,4-5,9-10H2,1H3,(H-,19,20,23,24). The number of anilines is 1. The van der Waals surface area contributed by atoms with E-state index in [1.165, 1.54) is 5.51 Å². The van der Waals surface area contributed by atoms with Crippen LogP contribution in [0.1, 0.15) is 11.1 Å². The average Bonchev–Trinajstić information content (AvgIpc) is 3.22. The predicted molar refractivity (Wildman–Crippen MR) is 99.9 cm³/mol. The van der Waals surface area contributed by atoms with Gasteiger partial charge in [0.15, 0.2) is 15.3 Å². The highest BCUT2D eigenvalue weighted by Crippen LogP contribution is 2.30. The second-order valence-electron chi connectivity index (χ2n) is 6.20. The van der Waals surface area contributed by atoms with Gasteiger partial charge in [-0.1, -0.05) is 15.5 Å². The lowest BCUT2D eigenvalue weighted by atomic mass is 10.2. The molecule has 0 spiro atoms. The Kier molecular flexibility index (Phi) is 4.91. The SMILES string of the molecule is Cn1cc(CN2CCOc3cc([S+](=O)([O-])Nc4nncs4)ccc3C2)cn1. The number of aromatic nitrogens is 4. The van der Waals surface area contributed by atoms with Crippen LogP contribution in [0.25, 0.3) is 0 Å². The Labute approximate surface area is 161 Å². The van der Waals surface area contributed by atoms with Crippen LogP contribution < -0.4 is 9.46 Å². The van der Waals surface area contributed by atoms with E-state index in [4.69, 9.17) is 4.74 Å². The third-order valence-electron chi connectivity index (χ3n) is 4.15. The van der Waals surface area contributed by atoms with Gasteiger partial charge in [-0.15, -0.1) is 10.2 Å². The molecular formula is C16H18N6O3S2. The zero-order chi connectivity index (χ0) is 18.9. The Morgan fingerprint density at radius 1 is 1.44 bits per heavy atom. The maximum atomic E-state index is 12.5. The van der Waals surface area contributed by atoms with Crippen molar-refractivity contribution in [2.45, 2.75) is 18.0 Å². The maximum Gasteiger partial charge on any atom is 0.247 e. The Bertz CT molecular complexity index is 974. The Hall–Kier alpha value is -2.34. The molecule has 0 saturated heterocycles. The molecule has 11 heteroatoms. The van der Waals surface area contributed by atoms with Crippen molar-refractivity contribution in [3.63, 3.8) is 0 Å². The van der Waals surface area contributed by atoms with Gasteiger partial charge in [0.1, 0.15) is 17.9 Å². The van der Waals surface area contributed by atoms with Gasteiger partial charge in [-0.25, -0.2) is 0 Å². The molecule has 1 aliphatic rings. The van der Waals surface area contributed by atoms with Crippen LogP contribution in [-0.2, 0) is 34.7 Å². The van der Waals surface area contributed by atoms with Crippen molar-refractivity contribution in [3.8, 4) is 5.75 Å². The number of sulfonamides is 1. The summed E-state index contributed by atoms with van der Waals surface area (Å²) in [6.07, 6.45) is 3.84. The molecular weight excluding hydrogens is 388 g/mol. The Balaban J connectivity index is 1.52. The number of fused-ring (bicyclic) bond motifs is 1. The molecule has 0 bridgehead atoms. The van der Waals surface area contributed by atoms with E-state index >= 15 is 0 Å². The largest absolute Gasteiger partial charge is 0.588 e. The van der Waals surface area contributed by atoms with Gasteiger partial charge in [0.05, 0.1) is 6.20 Å². The van der Waals surface area contributed by atoms with E-state index in [0.29, 0.717) is 18.9 Å². The number of hydrogen-bond donors (Lipinski definition) is 1. The van der Waals surface area contributed by atoms with Crippen molar-refractivity contribution < 1.29 is 13.5 Å². The number of rotatable bonds is 5. The number of benzene rings is 1. The zero-order valence-corrected chi connectivity index (χ0v) is 16.2. The highest BCUT2D eigenvalue weighted by Gasteiger charge is 2.25. The summed E-state index contributed by atoms with van der Waals surface area (Å²) in [6, 6.07) is 4.94. The molecule has 2 aromatic heterocycles. The topological polar surface area (TPSA) is 108 Å². The lowest BCUT2D eigenvalue weighted by Crippen LogP contribution is -2.25. The van der Waals surface area contributed by atoms with Crippen molar-refractivity contribution in [1.82, 2.24) is 24.9 Å². The van der Waals surface area contributed by atoms with Crippen LogP contribution in [0.5, 0.6) is 5.75 Å². The lowest BCUT2D eigenvalue weighted by molar-refractivity contribution is 0.219. The van der Waals surface area contributed by atoms with E-state index in [9.17, 15) is 8.76 Å². The van der Waals surface area contributed by atoms with Gasteiger partial charge in [0.25, 0.3) is 0 Å². The van der Waals surface area contributed by atoms with Crippen LogP contribution in [0, 0.1) is 0 Å². The minimum atomic E-state index is -3.73. The highest BCUT2D eigenvalue weighted by atomic mass is 32.3. The molecule has 0 aliphatic carbocycles. The number of nitrogens with zero attached hydrogens (tertiary/aromatic N) is 5. The van der Waals surface area contributed by atoms with Crippen molar-refractivity contribution in [1.29, 1.82) is 0 Å². The Morgan fingerprint density at radius 3 is 3.07 bits per heavy atom. The van der Waals surface area contributed by atoms with Gasteiger partial charge >= 0.3 is 0 Å². The summed E-state index contributed by atoms with van der Waals surface area (Å²) >= 11 is 1.12. The van der Waals surface area contributed by atoms with Crippen molar-refractivity contribution in [3.05, 3.63) is 47.2 Å². The first kappa shape index (κ1) is 18.0. The van der Waals surface area contributed by atoms with Crippen molar-refractivity contribution in [2.24, 2.45) is 7.05 Å². The van der Waals surface area contributed by atoms with E-state index in [1.807, 2.05) is 19.4 Å². The second-order valence-corrected chi connectivity index (χ2v) is 8.72. The summed E-state index contributed by atoms with van der Waals surface area (Å²) in [4.78, 5) is 2.38. The Morgan fingerprint density at radius 2 is 2.33 bits per heavy atom. The number of ether oxygens (including phenoxy) is 1.